The molecule has 2 heteroatoms. The third-order valence-electron chi connectivity index (χ3n) is 5.78. The summed E-state index contributed by atoms with van der Waals surface area (Å²) in [5.74, 6) is 0.827. The molecule has 23 heavy (non-hydrogen) atoms. The maximum Gasteiger partial charge on any atom is 0.0383 e. The SMILES string of the molecule is c1ccc2c([C@@H](C3CCCCC3)N3CCNCC3)cccc2c1. The van der Waals surface area contributed by atoms with Gasteiger partial charge in [0.2, 0.25) is 0 Å². The lowest BCUT2D eigenvalue weighted by molar-refractivity contribution is 0.104. The van der Waals surface area contributed by atoms with E-state index in [0.717, 1.165) is 19.0 Å². The molecule has 1 saturated carbocycles. The van der Waals surface area contributed by atoms with Crippen LogP contribution in [-0.4, -0.2) is 31.1 Å². The molecule has 122 valence electrons. The Bertz CT molecular complexity index is 616. The first-order valence-electron chi connectivity index (χ1n) is 9.36. The zero-order valence-electron chi connectivity index (χ0n) is 14.0. The summed E-state index contributed by atoms with van der Waals surface area (Å²) in [5.41, 5.74) is 1.57. The van der Waals surface area contributed by atoms with E-state index < -0.39 is 0 Å². The summed E-state index contributed by atoms with van der Waals surface area (Å²) in [6.45, 7) is 4.64. The summed E-state index contributed by atoms with van der Waals surface area (Å²) < 4.78 is 0. The number of nitrogens with one attached hydrogen (secondary N) is 1. The molecule has 0 bridgehead atoms. The van der Waals surface area contributed by atoms with Gasteiger partial charge in [-0.1, -0.05) is 61.7 Å². The lowest BCUT2D eigenvalue weighted by atomic mass is 9.79. The van der Waals surface area contributed by atoms with Gasteiger partial charge < -0.3 is 5.32 Å². The minimum Gasteiger partial charge on any atom is -0.314 e. The molecule has 2 fully saturated rings. The predicted molar refractivity (Wildman–Crippen MR) is 97.7 cm³/mol. The van der Waals surface area contributed by atoms with Crippen LogP contribution >= 0.6 is 0 Å². The number of benzene rings is 2. The number of hydrogen-bond acceptors (Lipinski definition) is 2. The second-order valence-electron chi connectivity index (χ2n) is 7.20. The van der Waals surface area contributed by atoms with Gasteiger partial charge in [0.05, 0.1) is 0 Å². The summed E-state index contributed by atoms with van der Waals surface area (Å²) in [7, 11) is 0. The molecule has 0 radical (unpaired) electrons. The third-order valence-corrected chi connectivity index (χ3v) is 5.78. The van der Waals surface area contributed by atoms with Crippen LogP contribution in [0.1, 0.15) is 43.7 Å². The molecular weight excluding hydrogens is 280 g/mol. The van der Waals surface area contributed by atoms with Crippen molar-refractivity contribution >= 4 is 10.8 Å². The van der Waals surface area contributed by atoms with Gasteiger partial charge in [0.1, 0.15) is 0 Å². The first kappa shape index (κ1) is 15.2. The van der Waals surface area contributed by atoms with Crippen LogP contribution in [0.5, 0.6) is 0 Å². The first-order valence-corrected chi connectivity index (χ1v) is 9.36. The highest BCUT2D eigenvalue weighted by molar-refractivity contribution is 5.86. The van der Waals surface area contributed by atoms with Gasteiger partial charge in [-0.2, -0.15) is 0 Å². The maximum absolute atomic E-state index is 3.52. The third kappa shape index (κ3) is 3.15. The molecular formula is C21H28N2. The Morgan fingerprint density at radius 1 is 0.870 bits per heavy atom. The van der Waals surface area contributed by atoms with Gasteiger partial charge in [-0.3, -0.25) is 4.90 Å². The molecule has 2 nitrogen and oxygen atoms in total. The molecule has 1 aliphatic carbocycles. The fourth-order valence-corrected chi connectivity index (χ4v) is 4.67. The molecule has 2 aromatic carbocycles. The minimum absolute atomic E-state index is 0.600. The van der Waals surface area contributed by atoms with Crippen LogP contribution in [0.2, 0.25) is 0 Å². The van der Waals surface area contributed by atoms with Crippen LogP contribution in [0.3, 0.4) is 0 Å². The quantitative estimate of drug-likeness (QED) is 0.906. The van der Waals surface area contributed by atoms with E-state index in [9.17, 15) is 0 Å². The molecule has 2 aromatic rings. The van der Waals surface area contributed by atoms with Crippen LogP contribution < -0.4 is 5.32 Å². The Balaban J connectivity index is 1.76. The van der Waals surface area contributed by atoms with E-state index in [0.29, 0.717) is 6.04 Å². The zero-order chi connectivity index (χ0) is 15.5. The van der Waals surface area contributed by atoms with Crippen molar-refractivity contribution in [1.29, 1.82) is 0 Å². The van der Waals surface area contributed by atoms with Crippen LogP contribution in [0.15, 0.2) is 42.5 Å². The Kier molecular flexibility index (Phi) is 4.63. The molecule has 4 rings (SSSR count). The van der Waals surface area contributed by atoms with Crippen LogP contribution in [0.25, 0.3) is 10.8 Å². The van der Waals surface area contributed by atoms with Gasteiger partial charge in [0, 0.05) is 32.2 Å². The van der Waals surface area contributed by atoms with Crippen molar-refractivity contribution in [2.45, 2.75) is 38.1 Å². The van der Waals surface area contributed by atoms with E-state index in [1.54, 1.807) is 5.56 Å². The van der Waals surface area contributed by atoms with Crippen molar-refractivity contribution in [3.05, 3.63) is 48.0 Å². The highest BCUT2D eigenvalue weighted by Gasteiger charge is 2.31. The standard InChI is InChI=1S/C21H28N2/c1-2-8-18(9-3-1)21(23-15-13-22-14-16-23)20-12-6-10-17-7-4-5-11-19(17)20/h4-7,10-12,18,21-22H,1-3,8-9,13-16H2/t21-/m1/s1. The summed E-state index contributed by atoms with van der Waals surface area (Å²) in [5, 5.41) is 6.37. The van der Waals surface area contributed by atoms with Gasteiger partial charge in [-0.15, -0.1) is 0 Å². The van der Waals surface area contributed by atoms with Crippen molar-refractivity contribution < 1.29 is 0 Å². The van der Waals surface area contributed by atoms with Crippen LogP contribution in [-0.2, 0) is 0 Å². The zero-order valence-corrected chi connectivity index (χ0v) is 14.0. The molecule has 1 atom stereocenters. The number of fused-ring (bicyclic) bond motifs is 1. The molecule has 0 aromatic heterocycles. The van der Waals surface area contributed by atoms with E-state index >= 15 is 0 Å². The Morgan fingerprint density at radius 3 is 2.43 bits per heavy atom. The van der Waals surface area contributed by atoms with Crippen molar-refractivity contribution in [1.82, 2.24) is 10.2 Å². The smallest absolute Gasteiger partial charge is 0.0383 e. The summed E-state index contributed by atoms with van der Waals surface area (Å²) in [4.78, 5) is 2.76. The van der Waals surface area contributed by atoms with E-state index in [-0.39, 0.29) is 0 Å². The molecule has 1 aliphatic heterocycles. The number of rotatable bonds is 3. The maximum atomic E-state index is 3.52. The fourth-order valence-electron chi connectivity index (χ4n) is 4.67. The van der Waals surface area contributed by atoms with Crippen molar-refractivity contribution in [2.24, 2.45) is 5.92 Å². The molecule has 0 unspecified atom stereocenters. The summed E-state index contributed by atoms with van der Waals surface area (Å²) in [6.07, 6.45) is 7.06. The van der Waals surface area contributed by atoms with Gasteiger partial charge in [-0.05, 0) is 35.1 Å². The average molecular weight is 308 g/mol. The summed E-state index contributed by atoms with van der Waals surface area (Å²) >= 11 is 0. The highest BCUT2D eigenvalue weighted by Crippen LogP contribution is 2.40. The normalized spacial score (nSPS) is 22.3. The van der Waals surface area contributed by atoms with E-state index in [4.69, 9.17) is 0 Å². The fraction of sp³-hybridized carbons (Fsp3) is 0.524. The van der Waals surface area contributed by atoms with Gasteiger partial charge in [-0.25, -0.2) is 0 Å². The second kappa shape index (κ2) is 7.02. The lowest BCUT2D eigenvalue weighted by Gasteiger charge is -2.41. The Labute approximate surface area is 139 Å². The average Bonchev–Trinajstić information content (AvgIpc) is 2.64. The van der Waals surface area contributed by atoms with E-state index in [1.807, 2.05) is 0 Å². The van der Waals surface area contributed by atoms with E-state index in [2.05, 4.69) is 52.7 Å². The number of nitrogens with zero attached hydrogens (tertiary/aromatic N) is 1. The predicted octanol–water partition coefficient (Wildman–Crippen LogP) is 4.37. The van der Waals surface area contributed by atoms with Crippen LogP contribution in [0.4, 0.5) is 0 Å². The van der Waals surface area contributed by atoms with E-state index in [1.165, 1.54) is 56.0 Å². The van der Waals surface area contributed by atoms with Gasteiger partial charge in [0.25, 0.3) is 0 Å². The second-order valence-corrected chi connectivity index (χ2v) is 7.20. The van der Waals surface area contributed by atoms with Crippen molar-refractivity contribution in [3.8, 4) is 0 Å². The highest BCUT2D eigenvalue weighted by atomic mass is 15.2. The molecule has 1 saturated heterocycles. The van der Waals surface area contributed by atoms with Crippen molar-refractivity contribution in [3.63, 3.8) is 0 Å². The van der Waals surface area contributed by atoms with Crippen LogP contribution in [0, 0.1) is 5.92 Å². The molecule has 1 N–H and O–H groups in total. The number of hydrogen-bond donors (Lipinski definition) is 1. The molecule has 0 spiro atoms. The first-order chi connectivity index (χ1) is 11.4. The topological polar surface area (TPSA) is 15.3 Å². The van der Waals surface area contributed by atoms with Gasteiger partial charge in [0.15, 0.2) is 0 Å². The monoisotopic (exact) mass is 308 g/mol. The molecule has 2 aliphatic rings. The minimum atomic E-state index is 0.600. The Hall–Kier alpha value is -1.38. The van der Waals surface area contributed by atoms with Crippen molar-refractivity contribution in [2.75, 3.05) is 26.2 Å². The Morgan fingerprint density at radius 2 is 1.61 bits per heavy atom. The molecule has 1 heterocycles. The molecule has 0 amide bonds. The lowest BCUT2D eigenvalue weighted by Crippen LogP contribution is -2.47. The largest absolute Gasteiger partial charge is 0.314 e. The summed E-state index contributed by atoms with van der Waals surface area (Å²) in [6, 6.07) is 16.4. The number of piperazine rings is 1. The van der Waals surface area contributed by atoms with Gasteiger partial charge >= 0.3 is 0 Å².